The van der Waals surface area contributed by atoms with Crippen molar-refractivity contribution in [2.24, 2.45) is 0 Å². The zero-order valence-electron chi connectivity index (χ0n) is 7.73. The highest BCUT2D eigenvalue weighted by Gasteiger charge is 2.24. The first-order valence-electron chi connectivity index (χ1n) is 4.28. The van der Waals surface area contributed by atoms with Gasteiger partial charge in [0, 0.05) is 12.2 Å². The van der Waals surface area contributed by atoms with E-state index in [-0.39, 0.29) is 0 Å². The molecule has 1 N–H and O–H groups in total. The molecule has 70 valence electrons. The van der Waals surface area contributed by atoms with E-state index in [1.807, 2.05) is 25.1 Å². The van der Waals surface area contributed by atoms with Crippen LogP contribution in [0, 0.1) is 0 Å². The zero-order chi connectivity index (χ0) is 9.73. The van der Waals surface area contributed by atoms with Crippen LogP contribution in [-0.2, 0) is 10.5 Å². The molecule has 0 bridgehead atoms. The smallest absolute Gasteiger partial charge is 0.212 e. The molecule has 0 aliphatic heterocycles. The van der Waals surface area contributed by atoms with Crippen molar-refractivity contribution in [3.8, 4) is 0 Å². The Balaban J connectivity index is 2.95. The van der Waals surface area contributed by atoms with E-state index in [2.05, 4.69) is 6.58 Å². The third-order valence-electron chi connectivity index (χ3n) is 1.83. The van der Waals surface area contributed by atoms with Gasteiger partial charge in [0.15, 0.2) is 0 Å². The molecule has 0 radical (unpaired) electrons. The Hall–Kier alpha value is -1.12. The molecule has 1 rings (SSSR count). The van der Waals surface area contributed by atoms with Crippen molar-refractivity contribution in [3.63, 3.8) is 0 Å². The lowest BCUT2D eigenvalue weighted by Crippen LogP contribution is -2.26. The number of ether oxygens (including phenoxy) is 1. The summed E-state index contributed by atoms with van der Waals surface area (Å²) in [6.45, 7) is 5.83. The third-order valence-corrected chi connectivity index (χ3v) is 1.83. The van der Waals surface area contributed by atoms with E-state index in [4.69, 9.17) is 4.74 Å². The van der Waals surface area contributed by atoms with Crippen LogP contribution in [0.5, 0.6) is 0 Å². The standard InChI is InChI=1S/C11H14O2/c1-3-11(12,13-4-2)10-8-6-5-7-9-10/h3,5-9,12H,1,4H2,2H3. The third kappa shape index (κ3) is 2.17. The van der Waals surface area contributed by atoms with Gasteiger partial charge in [0.25, 0.3) is 0 Å². The maximum Gasteiger partial charge on any atom is 0.212 e. The van der Waals surface area contributed by atoms with Crippen molar-refractivity contribution < 1.29 is 9.84 Å². The number of hydrogen-bond acceptors (Lipinski definition) is 2. The Labute approximate surface area is 78.5 Å². The predicted molar refractivity (Wildman–Crippen MR) is 52.2 cm³/mol. The summed E-state index contributed by atoms with van der Waals surface area (Å²) >= 11 is 0. The van der Waals surface area contributed by atoms with E-state index in [1.165, 1.54) is 6.08 Å². The molecule has 1 aromatic carbocycles. The van der Waals surface area contributed by atoms with Crippen molar-refractivity contribution in [2.75, 3.05) is 6.61 Å². The lowest BCUT2D eigenvalue weighted by molar-refractivity contribution is -0.170. The fourth-order valence-corrected chi connectivity index (χ4v) is 1.16. The van der Waals surface area contributed by atoms with Gasteiger partial charge in [0.05, 0.1) is 0 Å². The van der Waals surface area contributed by atoms with E-state index in [0.29, 0.717) is 12.2 Å². The molecule has 2 nitrogen and oxygen atoms in total. The Morgan fingerprint density at radius 1 is 1.46 bits per heavy atom. The average Bonchev–Trinajstić information content (AvgIpc) is 2.19. The summed E-state index contributed by atoms with van der Waals surface area (Å²) in [5.41, 5.74) is 0.701. The minimum atomic E-state index is -1.35. The first-order chi connectivity index (χ1) is 6.23. The van der Waals surface area contributed by atoms with E-state index >= 15 is 0 Å². The molecule has 0 aliphatic carbocycles. The van der Waals surface area contributed by atoms with Gasteiger partial charge in [-0.25, -0.2) is 0 Å². The summed E-state index contributed by atoms with van der Waals surface area (Å²) in [6, 6.07) is 9.19. The normalized spacial score (nSPS) is 14.9. The first kappa shape index (κ1) is 9.96. The molecule has 13 heavy (non-hydrogen) atoms. The minimum absolute atomic E-state index is 0.442. The fourth-order valence-electron chi connectivity index (χ4n) is 1.16. The van der Waals surface area contributed by atoms with Crippen LogP contribution >= 0.6 is 0 Å². The molecule has 1 aromatic rings. The Morgan fingerprint density at radius 3 is 2.54 bits per heavy atom. The van der Waals surface area contributed by atoms with Crippen LogP contribution in [0.3, 0.4) is 0 Å². The highest BCUT2D eigenvalue weighted by atomic mass is 16.6. The predicted octanol–water partition coefficient (Wildman–Crippen LogP) is 2.05. The van der Waals surface area contributed by atoms with Gasteiger partial charge >= 0.3 is 0 Å². The molecule has 0 spiro atoms. The lowest BCUT2D eigenvalue weighted by Gasteiger charge is -2.24. The summed E-state index contributed by atoms with van der Waals surface area (Å²) < 4.78 is 5.20. The van der Waals surface area contributed by atoms with Gasteiger partial charge in [0.1, 0.15) is 0 Å². The highest BCUT2D eigenvalue weighted by molar-refractivity contribution is 5.23. The summed E-state index contributed by atoms with van der Waals surface area (Å²) in [5, 5.41) is 9.95. The molecular formula is C11H14O2. The van der Waals surface area contributed by atoms with Gasteiger partial charge in [-0.2, -0.15) is 0 Å². The summed E-state index contributed by atoms with van der Waals surface area (Å²) in [6.07, 6.45) is 1.39. The van der Waals surface area contributed by atoms with Crippen LogP contribution in [0.15, 0.2) is 43.0 Å². The maximum absolute atomic E-state index is 9.95. The monoisotopic (exact) mass is 178 g/mol. The molecule has 0 saturated carbocycles. The van der Waals surface area contributed by atoms with Crippen molar-refractivity contribution in [2.45, 2.75) is 12.7 Å². The van der Waals surface area contributed by atoms with Gasteiger partial charge in [-0.3, -0.25) is 0 Å². The van der Waals surface area contributed by atoms with Crippen molar-refractivity contribution in [1.82, 2.24) is 0 Å². The lowest BCUT2D eigenvalue weighted by atomic mass is 10.1. The second-order valence-electron chi connectivity index (χ2n) is 2.70. The number of rotatable bonds is 4. The average molecular weight is 178 g/mol. The highest BCUT2D eigenvalue weighted by Crippen LogP contribution is 2.23. The Morgan fingerprint density at radius 2 is 2.08 bits per heavy atom. The van der Waals surface area contributed by atoms with Crippen LogP contribution in [0.25, 0.3) is 0 Å². The molecule has 0 fully saturated rings. The molecule has 0 saturated heterocycles. The Kier molecular flexibility index (Phi) is 3.23. The van der Waals surface area contributed by atoms with Crippen LogP contribution in [0.2, 0.25) is 0 Å². The number of aliphatic hydroxyl groups is 1. The van der Waals surface area contributed by atoms with Gasteiger partial charge in [-0.15, -0.1) is 0 Å². The van der Waals surface area contributed by atoms with E-state index in [1.54, 1.807) is 12.1 Å². The van der Waals surface area contributed by atoms with E-state index in [0.717, 1.165) is 0 Å². The minimum Gasteiger partial charge on any atom is -0.359 e. The fraction of sp³-hybridized carbons (Fsp3) is 0.273. The van der Waals surface area contributed by atoms with Gasteiger partial charge in [-0.1, -0.05) is 36.9 Å². The zero-order valence-corrected chi connectivity index (χ0v) is 7.73. The molecule has 0 amide bonds. The van der Waals surface area contributed by atoms with Gasteiger partial charge in [-0.05, 0) is 13.0 Å². The van der Waals surface area contributed by atoms with Gasteiger partial charge in [0.2, 0.25) is 5.79 Å². The SMILES string of the molecule is C=CC(O)(OCC)c1ccccc1. The van der Waals surface area contributed by atoms with Crippen molar-refractivity contribution in [1.29, 1.82) is 0 Å². The largest absolute Gasteiger partial charge is 0.359 e. The summed E-state index contributed by atoms with van der Waals surface area (Å²) in [4.78, 5) is 0. The van der Waals surface area contributed by atoms with E-state index < -0.39 is 5.79 Å². The second kappa shape index (κ2) is 4.21. The summed E-state index contributed by atoms with van der Waals surface area (Å²) in [5.74, 6) is -1.35. The van der Waals surface area contributed by atoms with Crippen LogP contribution < -0.4 is 0 Å². The summed E-state index contributed by atoms with van der Waals surface area (Å²) in [7, 11) is 0. The molecular weight excluding hydrogens is 164 g/mol. The second-order valence-corrected chi connectivity index (χ2v) is 2.70. The molecule has 0 aromatic heterocycles. The molecule has 2 heteroatoms. The molecule has 0 heterocycles. The topological polar surface area (TPSA) is 29.5 Å². The maximum atomic E-state index is 9.95. The molecule has 1 unspecified atom stereocenters. The van der Waals surface area contributed by atoms with Crippen LogP contribution in [-0.4, -0.2) is 11.7 Å². The van der Waals surface area contributed by atoms with Gasteiger partial charge < -0.3 is 9.84 Å². The number of benzene rings is 1. The molecule has 0 aliphatic rings. The van der Waals surface area contributed by atoms with Crippen molar-refractivity contribution in [3.05, 3.63) is 48.6 Å². The van der Waals surface area contributed by atoms with Crippen LogP contribution in [0.1, 0.15) is 12.5 Å². The van der Waals surface area contributed by atoms with Crippen LogP contribution in [0.4, 0.5) is 0 Å². The Bertz CT molecular complexity index is 269. The molecule has 1 atom stereocenters. The first-order valence-corrected chi connectivity index (χ1v) is 4.28. The number of hydrogen-bond donors (Lipinski definition) is 1. The van der Waals surface area contributed by atoms with E-state index in [9.17, 15) is 5.11 Å². The quantitative estimate of drug-likeness (QED) is 0.565. The van der Waals surface area contributed by atoms with Crippen molar-refractivity contribution >= 4 is 0 Å².